The van der Waals surface area contributed by atoms with Crippen LogP contribution in [0.2, 0.25) is 5.02 Å². The average molecular weight is 354 g/mol. The number of hydrogen-bond donors (Lipinski definition) is 2. The molecule has 0 radical (unpaired) electrons. The molecular formula is C18H28ClN3O2. The Morgan fingerprint density at radius 2 is 2.08 bits per heavy atom. The maximum absolute atomic E-state index is 12.0. The van der Waals surface area contributed by atoms with Crippen molar-refractivity contribution in [3.8, 4) is 0 Å². The first-order chi connectivity index (χ1) is 11.3. The Balaban J connectivity index is 2.12. The molecule has 24 heavy (non-hydrogen) atoms. The monoisotopic (exact) mass is 353 g/mol. The Hall–Kier alpha value is -1.14. The highest BCUT2D eigenvalue weighted by molar-refractivity contribution is 6.30. The summed E-state index contributed by atoms with van der Waals surface area (Å²) in [5.41, 5.74) is 6.64. The van der Waals surface area contributed by atoms with Gasteiger partial charge in [0.25, 0.3) is 0 Å². The topological polar surface area (TPSA) is 67.6 Å². The molecule has 0 aliphatic carbocycles. The van der Waals surface area contributed by atoms with Crippen molar-refractivity contribution in [2.75, 3.05) is 26.2 Å². The molecule has 0 saturated carbocycles. The molecule has 0 spiro atoms. The SMILES string of the molecule is CC(N)CC(=O)NCC(c1ccc(Cl)cc1)N1CCOC(C)(C)C1. The zero-order valence-corrected chi connectivity index (χ0v) is 15.5. The maximum Gasteiger partial charge on any atom is 0.221 e. The van der Waals surface area contributed by atoms with Gasteiger partial charge in [0.2, 0.25) is 5.91 Å². The molecule has 1 aliphatic rings. The first-order valence-electron chi connectivity index (χ1n) is 8.42. The molecule has 1 saturated heterocycles. The summed E-state index contributed by atoms with van der Waals surface area (Å²) in [6, 6.07) is 7.77. The van der Waals surface area contributed by atoms with E-state index in [2.05, 4.69) is 24.1 Å². The number of hydrogen-bond acceptors (Lipinski definition) is 4. The van der Waals surface area contributed by atoms with Crippen molar-refractivity contribution in [2.45, 2.75) is 44.9 Å². The standard InChI is InChI=1S/C18H28ClN3O2/c1-13(20)10-17(23)21-11-16(14-4-6-15(19)7-5-14)22-8-9-24-18(2,3)12-22/h4-7,13,16H,8-12,20H2,1-3H3,(H,21,23). The number of carbonyl (C=O) groups excluding carboxylic acids is 1. The van der Waals surface area contributed by atoms with E-state index < -0.39 is 0 Å². The smallest absolute Gasteiger partial charge is 0.221 e. The number of amides is 1. The van der Waals surface area contributed by atoms with Gasteiger partial charge in [-0.25, -0.2) is 0 Å². The minimum Gasteiger partial charge on any atom is -0.373 e. The molecule has 1 aliphatic heterocycles. The summed E-state index contributed by atoms with van der Waals surface area (Å²) in [6.07, 6.45) is 0.335. The third kappa shape index (κ3) is 5.74. The second-order valence-corrected chi connectivity index (χ2v) is 7.57. The van der Waals surface area contributed by atoms with Crippen LogP contribution in [-0.2, 0) is 9.53 Å². The molecule has 0 bridgehead atoms. The minimum atomic E-state index is -0.196. The zero-order valence-electron chi connectivity index (χ0n) is 14.7. The summed E-state index contributed by atoms with van der Waals surface area (Å²) >= 11 is 6.02. The summed E-state index contributed by atoms with van der Waals surface area (Å²) in [4.78, 5) is 14.4. The predicted octanol–water partition coefficient (Wildman–Crippen LogP) is 2.35. The normalized spacial score (nSPS) is 20.4. The Morgan fingerprint density at radius 1 is 1.42 bits per heavy atom. The van der Waals surface area contributed by atoms with Gasteiger partial charge in [0.1, 0.15) is 0 Å². The van der Waals surface area contributed by atoms with E-state index in [-0.39, 0.29) is 23.6 Å². The lowest BCUT2D eigenvalue weighted by Gasteiger charge is -2.42. The lowest BCUT2D eigenvalue weighted by Crippen LogP contribution is -2.51. The third-order valence-electron chi connectivity index (χ3n) is 4.15. The van der Waals surface area contributed by atoms with Crippen LogP contribution in [0.4, 0.5) is 0 Å². The number of rotatable bonds is 6. The molecule has 0 aromatic heterocycles. The van der Waals surface area contributed by atoms with E-state index in [0.717, 1.165) is 18.7 Å². The van der Waals surface area contributed by atoms with Crippen LogP contribution in [0.15, 0.2) is 24.3 Å². The molecule has 1 aromatic rings. The van der Waals surface area contributed by atoms with Gasteiger partial charge in [-0.2, -0.15) is 0 Å². The molecule has 1 fully saturated rings. The summed E-state index contributed by atoms with van der Waals surface area (Å²) in [7, 11) is 0. The molecule has 1 aromatic carbocycles. The van der Waals surface area contributed by atoms with E-state index in [9.17, 15) is 4.79 Å². The van der Waals surface area contributed by atoms with Crippen LogP contribution in [0.3, 0.4) is 0 Å². The predicted molar refractivity (Wildman–Crippen MR) is 97.1 cm³/mol. The quantitative estimate of drug-likeness (QED) is 0.823. The highest BCUT2D eigenvalue weighted by Gasteiger charge is 2.32. The van der Waals surface area contributed by atoms with Gasteiger partial charge in [0.05, 0.1) is 18.2 Å². The van der Waals surface area contributed by atoms with Gasteiger partial charge in [0.15, 0.2) is 0 Å². The molecule has 1 heterocycles. The second kappa shape index (κ2) is 8.30. The summed E-state index contributed by atoms with van der Waals surface area (Å²) in [5.74, 6) is -0.0171. The molecule has 2 unspecified atom stereocenters. The molecule has 6 heteroatoms. The fraction of sp³-hybridized carbons (Fsp3) is 0.611. The fourth-order valence-corrected chi connectivity index (χ4v) is 3.16. The van der Waals surface area contributed by atoms with Crippen LogP contribution in [0.1, 0.15) is 38.8 Å². The molecule has 1 amide bonds. The third-order valence-corrected chi connectivity index (χ3v) is 4.40. The highest BCUT2D eigenvalue weighted by atomic mass is 35.5. The van der Waals surface area contributed by atoms with Crippen molar-refractivity contribution in [3.05, 3.63) is 34.9 Å². The van der Waals surface area contributed by atoms with E-state index in [4.69, 9.17) is 22.1 Å². The van der Waals surface area contributed by atoms with E-state index in [0.29, 0.717) is 24.6 Å². The van der Waals surface area contributed by atoms with Gasteiger partial charge in [-0.05, 0) is 38.5 Å². The van der Waals surface area contributed by atoms with Crippen LogP contribution >= 0.6 is 11.6 Å². The number of ether oxygens (including phenoxy) is 1. The van der Waals surface area contributed by atoms with Crippen molar-refractivity contribution in [2.24, 2.45) is 5.73 Å². The van der Waals surface area contributed by atoms with Crippen LogP contribution < -0.4 is 11.1 Å². The Bertz CT molecular complexity index is 546. The Labute approximate surface area is 149 Å². The molecular weight excluding hydrogens is 326 g/mol. The van der Waals surface area contributed by atoms with E-state index in [1.807, 2.05) is 31.2 Å². The van der Waals surface area contributed by atoms with E-state index >= 15 is 0 Å². The summed E-state index contributed by atoms with van der Waals surface area (Å²) in [5, 5.41) is 3.73. The van der Waals surface area contributed by atoms with Gasteiger partial charge in [-0.1, -0.05) is 23.7 Å². The zero-order chi connectivity index (χ0) is 17.7. The molecule has 134 valence electrons. The number of nitrogens with one attached hydrogen (secondary N) is 1. The number of nitrogens with two attached hydrogens (primary N) is 1. The van der Waals surface area contributed by atoms with Gasteiger partial charge < -0.3 is 15.8 Å². The number of halogens is 1. The lowest BCUT2D eigenvalue weighted by atomic mass is 10.0. The fourth-order valence-electron chi connectivity index (χ4n) is 3.04. The maximum atomic E-state index is 12.0. The number of carbonyl (C=O) groups is 1. The molecule has 2 atom stereocenters. The molecule has 5 nitrogen and oxygen atoms in total. The van der Waals surface area contributed by atoms with Crippen LogP contribution in [-0.4, -0.2) is 48.7 Å². The Morgan fingerprint density at radius 3 is 2.67 bits per heavy atom. The van der Waals surface area contributed by atoms with Crippen LogP contribution in [0, 0.1) is 0 Å². The Kier molecular flexibility index (Phi) is 6.63. The first-order valence-corrected chi connectivity index (χ1v) is 8.80. The first kappa shape index (κ1) is 19.2. The van der Waals surface area contributed by atoms with Gasteiger partial charge in [0, 0.05) is 37.1 Å². The number of nitrogens with zero attached hydrogens (tertiary/aromatic N) is 1. The van der Waals surface area contributed by atoms with Gasteiger partial charge >= 0.3 is 0 Å². The summed E-state index contributed by atoms with van der Waals surface area (Å²) in [6.45, 7) is 8.89. The summed E-state index contributed by atoms with van der Waals surface area (Å²) < 4.78 is 5.81. The number of benzene rings is 1. The van der Waals surface area contributed by atoms with Crippen LogP contribution in [0.5, 0.6) is 0 Å². The highest BCUT2D eigenvalue weighted by Crippen LogP contribution is 2.27. The lowest BCUT2D eigenvalue weighted by molar-refractivity contribution is -0.122. The average Bonchev–Trinajstić information content (AvgIpc) is 2.47. The van der Waals surface area contributed by atoms with Gasteiger partial charge in [-0.3, -0.25) is 9.69 Å². The number of morpholine rings is 1. The van der Waals surface area contributed by atoms with E-state index in [1.54, 1.807) is 0 Å². The minimum absolute atomic E-state index is 0.0171. The van der Waals surface area contributed by atoms with Gasteiger partial charge in [-0.15, -0.1) is 0 Å². The largest absolute Gasteiger partial charge is 0.373 e. The van der Waals surface area contributed by atoms with E-state index in [1.165, 1.54) is 0 Å². The van der Waals surface area contributed by atoms with Crippen molar-refractivity contribution in [3.63, 3.8) is 0 Å². The van der Waals surface area contributed by atoms with Crippen molar-refractivity contribution >= 4 is 17.5 Å². The van der Waals surface area contributed by atoms with Crippen molar-refractivity contribution in [1.82, 2.24) is 10.2 Å². The van der Waals surface area contributed by atoms with Crippen LogP contribution in [0.25, 0.3) is 0 Å². The van der Waals surface area contributed by atoms with Crippen molar-refractivity contribution < 1.29 is 9.53 Å². The molecule has 2 rings (SSSR count). The van der Waals surface area contributed by atoms with Crippen molar-refractivity contribution in [1.29, 1.82) is 0 Å². The second-order valence-electron chi connectivity index (χ2n) is 7.13. The molecule has 3 N–H and O–H groups in total.